The number of fused-ring (bicyclic) bond motifs is 1. The molecular weight excluding hydrogens is 310 g/mol. The summed E-state index contributed by atoms with van der Waals surface area (Å²) in [7, 11) is 0. The molecule has 3 aromatic rings. The summed E-state index contributed by atoms with van der Waals surface area (Å²) in [5.74, 6) is 0.0295. The first-order valence-electron chi connectivity index (χ1n) is 7.24. The first-order valence-corrected chi connectivity index (χ1v) is 7.24. The number of carbonyl (C=O) groups excluding carboxylic acids is 1. The highest BCUT2D eigenvalue weighted by Crippen LogP contribution is 2.35. The van der Waals surface area contributed by atoms with Crippen molar-refractivity contribution in [3.05, 3.63) is 49.1 Å². The molecule has 24 heavy (non-hydrogen) atoms. The van der Waals surface area contributed by atoms with E-state index in [0.29, 0.717) is 16.8 Å². The third-order valence-corrected chi connectivity index (χ3v) is 3.37. The van der Waals surface area contributed by atoms with Crippen LogP contribution in [0.1, 0.15) is 0 Å². The number of hydrogen-bond donors (Lipinski definition) is 2. The fraction of sp³-hybridized carbons (Fsp3) is 0.118. The van der Waals surface area contributed by atoms with E-state index in [1.54, 1.807) is 12.1 Å². The predicted molar refractivity (Wildman–Crippen MR) is 87.6 cm³/mol. The smallest absolute Gasteiger partial charge is 0.330 e. The average molecular weight is 325 g/mol. The third kappa shape index (κ3) is 3.19. The van der Waals surface area contributed by atoms with Crippen molar-refractivity contribution in [2.24, 2.45) is 0 Å². The molecule has 0 fully saturated rings. The molecule has 2 N–H and O–H groups in total. The number of nitrogens with one attached hydrogen (secondary N) is 1. The van der Waals surface area contributed by atoms with Crippen molar-refractivity contribution in [2.45, 2.75) is 0 Å². The third-order valence-electron chi connectivity index (χ3n) is 3.37. The van der Waals surface area contributed by atoms with E-state index in [1.807, 2.05) is 18.2 Å². The Morgan fingerprint density at radius 2 is 2.08 bits per heavy atom. The minimum Gasteiger partial charge on any atom is -0.507 e. The highest BCUT2D eigenvalue weighted by Gasteiger charge is 2.11. The number of aromatic hydroxyl groups is 1. The van der Waals surface area contributed by atoms with Crippen molar-refractivity contribution in [3.63, 3.8) is 0 Å². The lowest BCUT2D eigenvalue weighted by Crippen LogP contribution is -2.10. The summed E-state index contributed by atoms with van der Waals surface area (Å²) in [4.78, 5) is 10.9. The molecule has 0 radical (unpaired) electrons. The Hall–Kier alpha value is -3.35. The van der Waals surface area contributed by atoms with Gasteiger partial charge in [0.05, 0.1) is 0 Å². The number of benzene rings is 2. The quantitative estimate of drug-likeness (QED) is 0.410. The second kappa shape index (κ2) is 6.82. The van der Waals surface area contributed by atoms with Gasteiger partial charge in [-0.15, -0.1) is 0 Å². The fourth-order valence-electron chi connectivity index (χ4n) is 2.27. The van der Waals surface area contributed by atoms with Gasteiger partial charge in [-0.05, 0) is 18.2 Å². The van der Waals surface area contributed by atoms with E-state index >= 15 is 0 Å². The highest BCUT2D eigenvalue weighted by atomic mass is 16.6. The van der Waals surface area contributed by atoms with Crippen LogP contribution in [0.4, 0.5) is 0 Å². The average Bonchev–Trinajstić information content (AvgIpc) is 3.07. The van der Waals surface area contributed by atoms with E-state index in [-0.39, 0.29) is 19.0 Å². The minimum atomic E-state index is -0.502. The van der Waals surface area contributed by atoms with Gasteiger partial charge in [0, 0.05) is 23.3 Å². The second-order valence-corrected chi connectivity index (χ2v) is 4.90. The van der Waals surface area contributed by atoms with Gasteiger partial charge in [0.25, 0.3) is 0 Å². The summed E-state index contributed by atoms with van der Waals surface area (Å²) in [6, 6.07) is 10.5. The van der Waals surface area contributed by atoms with Gasteiger partial charge in [-0.25, -0.2) is 4.79 Å². The van der Waals surface area contributed by atoms with E-state index in [4.69, 9.17) is 9.47 Å². The van der Waals surface area contributed by atoms with Gasteiger partial charge >= 0.3 is 5.97 Å². The van der Waals surface area contributed by atoms with Crippen LogP contribution in [0.2, 0.25) is 0 Å². The van der Waals surface area contributed by atoms with Crippen molar-refractivity contribution in [3.8, 4) is 22.6 Å². The Labute approximate surface area is 137 Å². The van der Waals surface area contributed by atoms with E-state index in [1.165, 1.54) is 6.07 Å². The molecule has 2 aromatic carbocycles. The normalized spacial score (nSPS) is 10.5. The van der Waals surface area contributed by atoms with Crippen molar-refractivity contribution in [1.82, 2.24) is 15.4 Å². The van der Waals surface area contributed by atoms with Crippen LogP contribution in [-0.2, 0) is 9.53 Å². The number of nitrogens with zero attached hydrogens (tertiary/aromatic N) is 2. The number of carbonyl (C=O) groups is 1. The first-order chi connectivity index (χ1) is 11.7. The van der Waals surface area contributed by atoms with Crippen LogP contribution < -0.4 is 4.74 Å². The number of para-hydroxylation sites is 1. The first kappa shape index (κ1) is 15.5. The van der Waals surface area contributed by atoms with Crippen LogP contribution in [0.5, 0.6) is 11.5 Å². The molecule has 7 nitrogen and oxygen atoms in total. The molecule has 0 saturated carbocycles. The second-order valence-electron chi connectivity index (χ2n) is 4.90. The number of phenolic OH excluding ortho intramolecular Hbond substituents is 1. The predicted octanol–water partition coefficient (Wildman–Crippen LogP) is 2.44. The number of hydrogen-bond acceptors (Lipinski definition) is 6. The van der Waals surface area contributed by atoms with Crippen LogP contribution in [0.25, 0.3) is 22.2 Å². The molecule has 0 amide bonds. The number of esters is 1. The summed E-state index contributed by atoms with van der Waals surface area (Å²) >= 11 is 0. The van der Waals surface area contributed by atoms with E-state index in [2.05, 4.69) is 22.0 Å². The van der Waals surface area contributed by atoms with Gasteiger partial charge < -0.3 is 14.6 Å². The molecule has 0 saturated heterocycles. The zero-order valence-corrected chi connectivity index (χ0v) is 12.7. The molecule has 0 aliphatic heterocycles. The zero-order valence-electron chi connectivity index (χ0n) is 12.7. The van der Waals surface area contributed by atoms with Crippen LogP contribution in [0, 0.1) is 0 Å². The van der Waals surface area contributed by atoms with Crippen LogP contribution in [0.15, 0.2) is 49.1 Å². The molecular formula is C17H15N3O4. The van der Waals surface area contributed by atoms with Gasteiger partial charge in [0.15, 0.2) is 0 Å². The molecule has 0 unspecified atom stereocenters. The molecule has 0 atom stereocenters. The summed E-state index contributed by atoms with van der Waals surface area (Å²) in [6.07, 6.45) is 1.09. The number of rotatable bonds is 6. The molecule has 1 aromatic heterocycles. The maximum Gasteiger partial charge on any atom is 0.330 e. The molecule has 7 heteroatoms. The SMILES string of the molecule is C=CC(=O)OCCOc1ccc(-c2cccc3n[nH]nc23)c(O)c1. The van der Waals surface area contributed by atoms with Crippen molar-refractivity contribution in [2.75, 3.05) is 13.2 Å². The Bertz CT molecular complexity index is 888. The minimum absolute atomic E-state index is 0.0612. The molecule has 0 spiro atoms. The number of phenols is 1. The summed E-state index contributed by atoms with van der Waals surface area (Å²) in [5.41, 5.74) is 2.79. The number of aromatic nitrogens is 3. The monoisotopic (exact) mass is 325 g/mol. The fourth-order valence-corrected chi connectivity index (χ4v) is 2.27. The molecule has 122 valence electrons. The Balaban J connectivity index is 1.74. The Morgan fingerprint density at radius 3 is 2.88 bits per heavy atom. The van der Waals surface area contributed by atoms with Gasteiger partial charge in [-0.3, -0.25) is 0 Å². The number of H-pyrrole nitrogens is 1. The summed E-state index contributed by atoms with van der Waals surface area (Å²) in [5, 5.41) is 21.0. The van der Waals surface area contributed by atoms with Crippen LogP contribution >= 0.6 is 0 Å². The number of aromatic amines is 1. The summed E-state index contributed by atoms with van der Waals surface area (Å²) in [6.45, 7) is 3.59. The Morgan fingerprint density at radius 1 is 1.21 bits per heavy atom. The topological polar surface area (TPSA) is 97.3 Å². The lowest BCUT2D eigenvalue weighted by atomic mass is 10.0. The molecule has 0 bridgehead atoms. The summed E-state index contributed by atoms with van der Waals surface area (Å²) < 4.78 is 10.3. The number of ether oxygens (including phenoxy) is 2. The van der Waals surface area contributed by atoms with Crippen molar-refractivity contribution in [1.29, 1.82) is 0 Å². The lowest BCUT2D eigenvalue weighted by Gasteiger charge is -2.10. The standard InChI is InChI=1S/C17H15N3O4/c1-2-16(22)24-9-8-23-11-6-7-12(15(21)10-11)13-4-3-5-14-17(13)19-20-18-14/h2-7,10,21H,1,8-9H2,(H,18,19,20). The van der Waals surface area contributed by atoms with Crippen LogP contribution in [-0.4, -0.2) is 39.7 Å². The highest BCUT2D eigenvalue weighted by molar-refractivity contribution is 5.93. The van der Waals surface area contributed by atoms with E-state index < -0.39 is 5.97 Å². The zero-order chi connectivity index (χ0) is 16.9. The molecule has 3 rings (SSSR count). The Kier molecular flexibility index (Phi) is 4.42. The largest absolute Gasteiger partial charge is 0.507 e. The van der Waals surface area contributed by atoms with Crippen LogP contribution in [0.3, 0.4) is 0 Å². The van der Waals surface area contributed by atoms with Crippen molar-refractivity contribution >= 4 is 17.0 Å². The van der Waals surface area contributed by atoms with E-state index in [9.17, 15) is 9.90 Å². The lowest BCUT2D eigenvalue weighted by molar-refractivity contribution is -0.138. The van der Waals surface area contributed by atoms with Gasteiger partial charge in [0.1, 0.15) is 35.7 Å². The maximum absolute atomic E-state index is 10.9. The van der Waals surface area contributed by atoms with Crippen molar-refractivity contribution < 1.29 is 19.4 Å². The molecule has 1 heterocycles. The maximum atomic E-state index is 10.9. The van der Waals surface area contributed by atoms with E-state index in [0.717, 1.165) is 17.2 Å². The van der Waals surface area contributed by atoms with Gasteiger partial charge in [0.2, 0.25) is 0 Å². The van der Waals surface area contributed by atoms with Gasteiger partial charge in [-0.2, -0.15) is 15.4 Å². The molecule has 0 aliphatic carbocycles. The molecule has 0 aliphatic rings. The van der Waals surface area contributed by atoms with Gasteiger partial charge in [-0.1, -0.05) is 18.7 Å².